The van der Waals surface area contributed by atoms with Crippen molar-refractivity contribution in [2.75, 3.05) is 18.6 Å². The number of carbonyl (C=O) groups excluding carboxylic acids is 3. The second-order valence-electron chi connectivity index (χ2n) is 7.62. The summed E-state index contributed by atoms with van der Waals surface area (Å²) in [6, 6.07) is 6.27. The second-order valence-corrected chi connectivity index (χ2v) is 8.61. The number of carbonyl (C=O) groups is 4. The highest BCUT2D eigenvalue weighted by atomic mass is 32.2. The number of rotatable bonds is 14. The number of amides is 3. The van der Waals surface area contributed by atoms with Gasteiger partial charge in [-0.2, -0.15) is 11.8 Å². The normalized spacial score (nSPS) is 14.5. The van der Waals surface area contributed by atoms with E-state index in [-0.39, 0.29) is 25.3 Å². The quantitative estimate of drug-likeness (QED) is 0.268. The van der Waals surface area contributed by atoms with Gasteiger partial charge in [0.15, 0.2) is 0 Å². The first-order chi connectivity index (χ1) is 15.2. The molecule has 0 aromatic heterocycles. The molecule has 6 N–H and O–H groups in total. The summed E-state index contributed by atoms with van der Waals surface area (Å²) in [5.41, 5.74) is 6.66. The molecule has 0 spiro atoms. The molecule has 0 bridgehead atoms. The van der Waals surface area contributed by atoms with Crippen LogP contribution in [0.1, 0.15) is 32.3 Å². The highest BCUT2D eigenvalue weighted by molar-refractivity contribution is 7.98. The van der Waals surface area contributed by atoms with E-state index in [1.165, 1.54) is 11.8 Å². The minimum absolute atomic E-state index is 0.0381. The van der Waals surface area contributed by atoms with Crippen LogP contribution in [0.4, 0.5) is 0 Å². The fraction of sp³-hybridized carbons (Fsp3) is 0.545. The van der Waals surface area contributed by atoms with Gasteiger partial charge in [0.1, 0.15) is 12.1 Å². The van der Waals surface area contributed by atoms with Crippen LogP contribution in [-0.2, 0) is 25.6 Å². The maximum absolute atomic E-state index is 12.8. The third kappa shape index (κ3) is 9.69. The Balaban J connectivity index is 2.82. The van der Waals surface area contributed by atoms with Crippen molar-refractivity contribution in [2.24, 2.45) is 11.7 Å². The standard InChI is InChI=1S/C22H34N4O5S/c1-4-14(2)19(23)21(29)24-13-18(27)25-17(12-15-8-6-5-7-9-15)20(28)26-16(22(30)31)10-11-32-3/h5-9,14,16-17,19H,4,10-13,23H2,1-3H3,(H,24,29)(H,25,27)(H,26,28)(H,30,31). The Hall–Kier alpha value is -2.59. The van der Waals surface area contributed by atoms with E-state index in [9.17, 15) is 24.3 Å². The minimum Gasteiger partial charge on any atom is -0.480 e. The van der Waals surface area contributed by atoms with Crippen LogP contribution in [0.2, 0.25) is 0 Å². The zero-order chi connectivity index (χ0) is 24.1. The summed E-state index contributed by atoms with van der Waals surface area (Å²) in [6.45, 7) is 3.43. The molecule has 1 aromatic rings. The van der Waals surface area contributed by atoms with Gasteiger partial charge in [0.25, 0.3) is 0 Å². The Morgan fingerprint density at radius 3 is 2.28 bits per heavy atom. The third-order valence-corrected chi connectivity index (χ3v) is 5.79. The molecule has 0 radical (unpaired) electrons. The SMILES string of the molecule is CCC(C)C(N)C(=O)NCC(=O)NC(Cc1ccccc1)C(=O)NC(CCSC)C(=O)O. The fourth-order valence-corrected chi connectivity index (χ4v) is 3.34. The molecule has 0 heterocycles. The van der Waals surface area contributed by atoms with Gasteiger partial charge in [-0.15, -0.1) is 0 Å². The van der Waals surface area contributed by atoms with Crippen LogP contribution in [0.5, 0.6) is 0 Å². The molecule has 4 atom stereocenters. The summed E-state index contributed by atoms with van der Waals surface area (Å²) < 4.78 is 0. The van der Waals surface area contributed by atoms with Crippen LogP contribution in [0.15, 0.2) is 30.3 Å². The monoisotopic (exact) mass is 466 g/mol. The number of hydrogen-bond donors (Lipinski definition) is 5. The first-order valence-corrected chi connectivity index (χ1v) is 12.0. The van der Waals surface area contributed by atoms with E-state index in [0.29, 0.717) is 5.75 Å². The van der Waals surface area contributed by atoms with Crippen molar-refractivity contribution < 1.29 is 24.3 Å². The van der Waals surface area contributed by atoms with Crippen LogP contribution >= 0.6 is 11.8 Å². The maximum Gasteiger partial charge on any atom is 0.326 e. The number of aliphatic carboxylic acids is 1. The first-order valence-electron chi connectivity index (χ1n) is 10.6. The van der Waals surface area contributed by atoms with Gasteiger partial charge in [0.2, 0.25) is 17.7 Å². The molecule has 0 saturated heterocycles. The molecule has 178 valence electrons. The van der Waals surface area contributed by atoms with Crippen molar-refractivity contribution in [1.29, 1.82) is 0 Å². The van der Waals surface area contributed by atoms with E-state index in [1.54, 1.807) is 12.1 Å². The maximum atomic E-state index is 12.8. The lowest BCUT2D eigenvalue weighted by atomic mass is 9.99. The summed E-state index contributed by atoms with van der Waals surface area (Å²) >= 11 is 1.48. The molecule has 10 heteroatoms. The fourth-order valence-electron chi connectivity index (χ4n) is 2.87. The number of hydrogen-bond acceptors (Lipinski definition) is 6. The van der Waals surface area contributed by atoms with Gasteiger partial charge < -0.3 is 26.8 Å². The van der Waals surface area contributed by atoms with E-state index in [0.717, 1.165) is 12.0 Å². The van der Waals surface area contributed by atoms with Gasteiger partial charge >= 0.3 is 5.97 Å². The van der Waals surface area contributed by atoms with Crippen molar-refractivity contribution >= 4 is 35.5 Å². The number of thioether (sulfide) groups is 1. The molecule has 0 aliphatic rings. The smallest absolute Gasteiger partial charge is 0.326 e. The molecule has 1 rings (SSSR count). The molecule has 0 saturated carbocycles. The lowest BCUT2D eigenvalue weighted by Crippen LogP contribution is -2.54. The molecule has 0 aliphatic heterocycles. The zero-order valence-electron chi connectivity index (χ0n) is 18.8. The average Bonchev–Trinajstić information content (AvgIpc) is 2.78. The predicted octanol–water partition coefficient (Wildman–Crippen LogP) is 0.526. The van der Waals surface area contributed by atoms with E-state index >= 15 is 0 Å². The average molecular weight is 467 g/mol. The van der Waals surface area contributed by atoms with Crippen LogP contribution in [0.25, 0.3) is 0 Å². The van der Waals surface area contributed by atoms with E-state index in [4.69, 9.17) is 5.73 Å². The molecule has 0 aliphatic carbocycles. The summed E-state index contributed by atoms with van der Waals surface area (Å²) in [6.07, 6.45) is 3.01. The molecule has 0 fully saturated rings. The van der Waals surface area contributed by atoms with Gasteiger partial charge in [-0.3, -0.25) is 14.4 Å². The highest BCUT2D eigenvalue weighted by Crippen LogP contribution is 2.07. The molecule has 9 nitrogen and oxygen atoms in total. The number of nitrogens with two attached hydrogens (primary N) is 1. The molecule has 4 unspecified atom stereocenters. The van der Waals surface area contributed by atoms with E-state index in [2.05, 4.69) is 16.0 Å². The minimum atomic E-state index is -1.14. The number of benzene rings is 1. The number of nitrogens with one attached hydrogen (secondary N) is 3. The van der Waals surface area contributed by atoms with Crippen LogP contribution in [-0.4, -0.2) is 65.5 Å². The van der Waals surface area contributed by atoms with Gasteiger partial charge in [-0.1, -0.05) is 50.6 Å². The van der Waals surface area contributed by atoms with Crippen molar-refractivity contribution in [1.82, 2.24) is 16.0 Å². The number of carboxylic acids is 1. The lowest BCUT2D eigenvalue weighted by Gasteiger charge is -2.22. The van der Waals surface area contributed by atoms with Crippen molar-refractivity contribution in [3.63, 3.8) is 0 Å². The van der Waals surface area contributed by atoms with E-state index < -0.39 is 41.8 Å². The van der Waals surface area contributed by atoms with Crippen molar-refractivity contribution in [3.8, 4) is 0 Å². The Morgan fingerprint density at radius 1 is 1.06 bits per heavy atom. The Bertz CT molecular complexity index is 762. The molecular formula is C22H34N4O5S. The van der Waals surface area contributed by atoms with Gasteiger partial charge in [-0.25, -0.2) is 4.79 Å². The largest absolute Gasteiger partial charge is 0.480 e. The number of carboxylic acid groups (broad SMARTS) is 1. The zero-order valence-corrected chi connectivity index (χ0v) is 19.6. The van der Waals surface area contributed by atoms with E-state index in [1.807, 2.05) is 38.3 Å². The third-order valence-electron chi connectivity index (χ3n) is 5.14. The Labute approximate surface area is 193 Å². The first kappa shape index (κ1) is 27.4. The predicted molar refractivity (Wildman–Crippen MR) is 125 cm³/mol. The molecule has 3 amide bonds. The topological polar surface area (TPSA) is 151 Å². The molecular weight excluding hydrogens is 432 g/mol. The summed E-state index contributed by atoms with van der Waals surface area (Å²) in [5.74, 6) is -2.22. The molecule has 1 aromatic carbocycles. The summed E-state index contributed by atoms with van der Waals surface area (Å²) in [4.78, 5) is 48.9. The van der Waals surface area contributed by atoms with Gasteiger partial charge in [-0.05, 0) is 29.9 Å². The van der Waals surface area contributed by atoms with Gasteiger partial charge in [0.05, 0.1) is 12.6 Å². The summed E-state index contributed by atoms with van der Waals surface area (Å²) in [7, 11) is 0. The van der Waals surface area contributed by atoms with Crippen molar-refractivity contribution in [3.05, 3.63) is 35.9 Å². The van der Waals surface area contributed by atoms with Crippen LogP contribution in [0, 0.1) is 5.92 Å². The molecule has 32 heavy (non-hydrogen) atoms. The summed E-state index contributed by atoms with van der Waals surface area (Å²) in [5, 5.41) is 17.0. The Kier molecular flexibility index (Phi) is 12.4. The van der Waals surface area contributed by atoms with Crippen molar-refractivity contribution in [2.45, 2.75) is 51.2 Å². The lowest BCUT2D eigenvalue weighted by molar-refractivity contribution is -0.142. The van der Waals surface area contributed by atoms with Crippen LogP contribution in [0.3, 0.4) is 0 Å². The highest BCUT2D eigenvalue weighted by Gasteiger charge is 2.27. The second kappa shape index (κ2) is 14.5. The Morgan fingerprint density at radius 2 is 1.72 bits per heavy atom. The van der Waals surface area contributed by atoms with Crippen LogP contribution < -0.4 is 21.7 Å². The van der Waals surface area contributed by atoms with Gasteiger partial charge in [0, 0.05) is 6.42 Å².